The van der Waals surface area contributed by atoms with Gasteiger partial charge in [-0.25, -0.2) is 8.42 Å². The van der Waals surface area contributed by atoms with Crippen LogP contribution in [0.25, 0.3) is 0 Å². The molecule has 2 heterocycles. The second kappa shape index (κ2) is 4.76. The maximum absolute atomic E-state index is 11.9. The molecule has 1 aliphatic rings. The monoisotopic (exact) mass is 270 g/mol. The van der Waals surface area contributed by atoms with Crippen molar-refractivity contribution in [1.29, 1.82) is 0 Å². The minimum atomic E-state index is -2.94. The second-order valence-electron chi connectivity index (χ2n) is 4.87. The van der Waals surface area contributed by atoms with Gasteiger partial charge in [-0.15, -0.1) is 0 Å². The van der Waals surface area contributed by atoms with E-state index >= 15 is 0 Å². The van der Waals surface area contributed by atoms with E-state index in [1.54, 1.807) is 0 Å². The summed E-state index contributed by atoms with van der Waals surface area (Å²) in [6, 6.07) is 3.70. The quantitative estimate of drug-likeness (QED) is 0.865. The predicted octanol–water partition coefficient (Wildman–Crippen LogP) is 0.408. The first-order valence-electron chi connectivity index (χ1n) is 6.00. The number of sulfone groups is 1. The molecular weight excluding hydrogens is 252 g/mol. The highest BCUT2D eigenvalue weighted by atomic mass is 32.2. The Morgan fingerprint density at radius 2 is 2.00 bits per heavy atom. The van der Waals surface area contributed by atoms with E-state index in [9.17, 15) is 13.2 Å². The molecule has 1 amide bonds. The molecule has 1 fully saturated rings. The minimum Gasteiger partial charge on any atom is -0.351 e. The topological polar surface area (TPSA) is 68.2 Å². The van der Waals surface area contributed by atoms with Gasteiger partial charge in [-0.1, -0.05) is 0 Å². The van der Waals surface area contributed by atoms with Gasteiger partial charge in [0.05, 0.1) is 11.5 Å². The molecule has 1 aromatic heterocycles. The maximum Gasteiger partial charge on any atom is 0.240 e. The lowest BCUT2D eigenvalue weighted by atomic mass is 10.2. The van der Waals surface area contributed by atoms with Gasteiger partial charge in [0.25, 0.3) is 0 Å². The van der Waals surface area contributed by atoms with Crippen molar-refractivity contribution in [3.63, 3.8) is 0 Å². The van der Waals surface area contributed by atoms with E-state index in [-0.39, 0.29) is 30.0 Å². The number of hydrogen-bond acceptors (Lipinski definition) is 3. The largest absolute Gasteiger partial charge is 0.351 e. The third kappa shape index (κ3) is 2.93. The van der Waals surface area contributed by atoms with E-state index < -0.39 is 9.84 Å². The first kappa shape index (κ1) is 13.1. The predicted molar refractivity (Wildman–Crippen MR) is 69.1 cm³/mol. The number of hydrogen-bond donors (Lipinski definition) is 1. The van der Waals surface area contributed by atoms with Crippen LogP contribution in [0.15, 0.2) is 12.1 Å². The molecule has 0 saturated carbocycles. The minimum absolute atomic E-state index is 0.0718. The fourth-order valence-electron chi connectivity index (χ4n) is 2.27. The Morgan fingerprint density at radius 3 is 2.50 bits per heavy atom. The van der Waals surface area contributed by atoms with Gasteiger partial charge in [0.15, 0.2) is 9.84 Å². The van der Waals surface area contributed by atoms with Gasteiger partial charge in [0.2, 0.25) is 5.91 Å². The summed E-state index contributed by atoms with van der Waals surface area (Å²) in [6.45, 7) is 4.14. The lowest BCUT2D eigenvalue weighted by molar-refractivity contribution is -0.122. The van der Waals surface area contributed by atoms with Crippen molar-refractivity contribution < 1.29 is 13.2 Å². The summed E-state index contributed by atoms with van der Waals surface area (Å²) in [5.41, 5.74) is 2.06. The first-order valence-corrected chi connectivity index (χ1v) is 7.82. The summed E-state index contributed by atoms with van der Waals surface area (Å²) < 4.78 is 24.5. The zero-order valence-corrected chi connectivity index (χ0v) is 11.5. The van der Waals surface area contributed by atoms with Crippen molar-refractivity contribution in [3.05, 3.63) is 23.5 Å². The van der Waals surface area contributed by atoms with Crippen molar-refractivity contribution >= 4 is 15.7 Å². The molecule has 1 aliphatic heterocycles. The highest BCUT2D eigenvalue weighted by molar-refractivity contribution is 7.91. The Bertz CT molecular complexity index is 540. The number of nitrogens with zero attached hydrogens (tertiary/aromatic N) is 1. The number of aromatic nitrogens is 1. The Kier molecular flexibility index (Phi) is 3.47. The summed E-state index contributed by atoms with van der Waals surface area (Å²) in [4.78, 5) is 11.9. The standard InChI is InChI=1S/C12H18N2O3S/c1-9-3-4-10(2)14(9)7-12(15)13-11-5-6-18(16,17)8-11/h3-4,11H,5-8H2,1-2H3,(H,13,15)/t11-/m1/s1. The molecule has 0 unspecified atom stereocenters. The Labute approximate surface area is 107 Å². The molecule has 0 bridgehead atoms. The van der Waals surface area contributed by atoms with Crippen LogP contribution in [0, 0.1) is 13.8 Å². The van der Waals surface area contributed by atoms with Gasteiger partial charge in [-0.3, -0.25) is 4.79 Å². The summed E-state index contributed by atoms with van der Waals surface area (Å²) in [7, 11) is -2.94. The zero-order valence-electron chi connectivity index (χ0n) is 10.6. The van der Waals surface area contributed by atoms with Crippen LogP contribution in [0.1, 0.15) is 17.8 Å². The van der Waals surface area contributed by atoms with E-state index in [2.05, 4.69) is 5.32 Å². The Morgan fingerprint density at radius 1 is 1.39 bits per heavy atom. The summed E-state index contributed by atoms with van der Waals surface area (Å²) in [5, 5.41) is 2.79. The zero-order chi connectivity index (χ0) is 13.3. The normalized spacial score (nSPS) is 22.0. The number of nitrogens with one attached hydrogen (secondary N) is 1. The molecule has 1 atom stereocenters. The number of amides is 1. The SMILES string of the molecule is Cc1ccc(C)n1CC(=O)N[C@@H]1CCS(=O)(=O)C1. The van der Waals surface area contributed by atoms with Crippen LogP contribution >= 0.6 is 0 Å². The highest BCUT2D eigenvalue weighted by Crippen LogP contribution is 2.12. The van der Waals surface area contributed by atoms with Gasteiger partial charge in [-0.2, -0.15) is 0 Å². The van der Waals surface area contributed by atoms with E-state index in [0.717, 1.165) is 11.4 Å². The van der Waals surface area contributed by atoms with Crippen LogP contribution < -0.4 is 5.32 Å². The van der Waals surface area contributed by atoms with Crippen molar-refractivity contribution in [2.45, 2.75) is 32.9 Å². The van der Waals surface area contributed by atoms with E-state index in [4.69, 9.17) is 0 Å². The lowest BCUT2D eigenvalue weighted by Gasteiger charge is -2.13. The van der Waals surface area contributed by atoms with Gasteiger partial charge in [0, 0.05) is 17.4 Å². The molecule has 2 rings (SSSR count). The maximum atomic E-state index is 11.9. The van der Waals surface area contributed by atoms with E-state index in [0.29, 0.717) is 6.42 Å². The van der Waals surface area contributed by atoms with Crippen molar-refractivity contribution in [2.24, 2.45) is 0 Å². The molecule has 0 radical (unpaired) electrons. The number of carbonyl (C=O) groups is 1. The summed E-state index contributed by atoms with van der Waals surface area (Å²) >= 11 is 0. The third-order valence-corrected chi connectivity index (χ3v) is 5.08. The van der Waals surface area contributed by atoms with Crippen LogP contribution in [0.5, 0.6) is 0 Å². The molecule has 0 spiro atoms. The number of rotatable bonds is 3. The fraction of sp³-hybridized carbons (Fsp3) is 0.583. The molecule has 1 saturated heterocycles. The first-order chi connectivity index (χ1) is 8.37. The Balaban J connectivity index is 1.94. The molecule has 5 nitrogen and oxygen atoms in total. The van der Waals surface area contributed by atoms with Crippen LogP contribution in [-0.4, -0.2) is 36.4 Å². The second-order valence-corrected chi connectivity index (χ2v) is 7.10. The Hall–Kier alpha value is -1.30. The van der Waals surface area contributed by atoms with Gasteiger partial charge < -0.3 is 9.88 Å². The van der Waals surface area contributed by atoms with Crippen LogP contribution in [-0.2, 0) is 21.2 Å². The lowest BCUT2D eigenvalue weighted by Crippen LogP contribution is -2.38. The molecule has 0 aliphatic carbocycles. The molecule has 100 valence electrons. The molecule has 1 N–H and O–H groups in total. The van der Waals surface area contributed by atoms with Crippen LogP contribution in [0.2, 0.25) is 0 Å². The molecule has 1 aromatic rings. The van der Waals surface area contributed by atoms with Crippen molar-refractivity contribution in [3.8, 4) is 0 Å². The molecule has 18 heavy (non-hydrogen) atoms. The fourth-order valence-corrected chi connectivity index (χ4v) is 3.95. The smallest absolute Gasteiger partial charge is 0.240 e. The summed E-state index contributed by atoms with van der Waals surface area (Å²) in [6.07, 6.45) is 0.526. The molecule has 0 aromatic carbocycles. The third-order valence-electron chi connectivity index (χ3n) is 3.32. The highest BCUT2D eigenvalue weighted by Gasteiger charge is 2.28. The summed E-state index contributed by atoms with van der Waals surface area (Å²) in [5.74, 6) is 0.126. The van der Waals surface area contributed by atoms with Crippen LogP contribution in [0.4, 0.5) is 0 Å². The average Bonchev–Trinajstić information content (AvgIpc) is 2.75. The van der Waals surface area contributed by atoms with E-state index in [1.807, 2.05) is 30.5 Å². The van der Waals surface area contributed by atoms with Gasteiger partial charge in [0.1, 0.15) is 6.54 Å². The number of aryl methyl sites for hydroxylation is 2. The van der Waals surface area contributed by atoms with Crippen molar-refractivity contribution in [1.82, 2.24) is 9.88 Å². The number of carbonyl (C=O) groups excluding carboxylic acids is 1. The van der Waals surface area contributed by atoms with E-state index in [1.165, 1.54) is 0 Å². The molecule has 6 heteroatoms. The average molecular weight is 270 g/mol. The van der Waals surface area contributed by atoms with Crippen molar-refractivity contribution in [2.75, 3.05) is 11.5 Å². The van der Waals surface area contributed by atoms with Gasteiger partial charge in [-0.05, 0) is 32.4 Å². The van der Waals surface area contributed by atoms with Gasteiger partial charge >= 0.3 is 0 Å². The molecular formula is C12H18N2O3S. The van der Waals surface area contributed by atoms with Crippen LogP contribution in [0.3, 0.4) is 0 Å².